The summed E-state index contributed by atoms with van der Waals surface area (Å²) in [6.45, 7) is 0.528. The predicted octanol–water partition coefficient (Wildman–Crippen LogP) is 4.69. The van der Waals surface area contributed by atoms with Crippen LogP contribution in [0, 0.1) is 5.92 Å². The van der Waals surface area contributed by atoms with Crippen LogP contribution in [-0.4, -0.2) is 23.8 Å². The van der Waals surface area contributed by atoms with Gasteiger partial charge in [-0.25, -0.2) is 0 Å². The van der Waals surface area contributed by atoms with E-state index < -0.39 is 17.7 Å². The number of carboxylic acids is 1. The minimum atomic E-state index is -4.30. The number of benzene rings is 1. The van der Waals surface area contributed by atoms with E-state index in [1.807, 2.05) is 0 Å². The van der Waals surface area contributed by atoms with Gasteiger partial charge in [-0.15, -0.1) is 0 Å². The van der Waals surface area contributed by atoms with E-state index in [2.05, 4.69) is 0 Å². The van der Waals surface area contributed by atoms with Crippen molar-refractivity contribution < 1.29 is 27.8 Å². The van der Waals surface area contributed by atoms with Crippen LogP contribution in [0.1, 0.15) is 49.7 Å². The summed E-state index contributed by atoms with van der Waals surface area (Å²) >= 11 is 0. The Kier molecular flexibility index (Phi) is 6.66. The maximum Gasteiger partial charge on any atom is 0.416 e. The Morgan fingerprint density at radius 3 is 2.75 bits per heavy atom. The molecule has 1 aromatic carbocycles. The number of hydrogen-bond donors (Lipinski definition) is 1. The summed E-state index contributed by atoms with van der Waals surface area (Å²) in [6.07, 6.45) is 0.713. The molecule has 0 aromatic heterocycles. The first-order valence-corrected chi connectivity index (χ1v) is 8.36. The second-order valence-electron chi connectivity index (χ2n) is 6.35. The van der Waals surface area contributed by atoms with Gasteiger partial charge < -0.3 is 9.84 Å². The SMILES string of the molecule is O=C(O)C[C@H]1CCC[C@@H]1OCCCCc1cccc(C(F)(F)F)c1. The number of carbonyl (C=O) groups is 1. The number of halogens is 3. The molecule has 6 heteroatoms. The monoisotopic (exact) mass is 344 g/mol. The molecule has 0 saturated heterocycles. The predicted molar refractivity (Wildman–Crippen MR) is 83.7 cm³/mol. The van der Waals surface area contributed by atoms with E-state index in [0.29, 0.717) is 18.6 Å². The fraction of sp³-hybridized carbons (Fsp3) is 0.611. The fourth-order valence-corrected chi connectivity index (χ4v) is 3.25. The molecule has 0 amide bonds. The highest BCUT2D eigenvalue weighted by atomic mass is 19.4. The number of aliphatic carboxylic acids is 1. The molecule has 134 valence electrons. The zero-order valence-corrected chi connectivity index (χ0v) is 13.5. The number of aryl methyl sites for hydroxylation is 1. The summed E-state index contributed by atoms with van der Waals surface area (Å²) in [5.74, 6) is -0.703. The van der Waals surface area contributed by atoms with E-state index >= 15 is 0 Å². The number of alkyl halides is 3. The van der Waals surface area contributed by atoms with Gasteiger partial charge >= 0.3 is 12.1 Å². The molecule has 24 heavy (non-hydrogen) atoms. The normalized spacial score (nSPS) is 21.1. The highest BCUT2D eigenvalue weighted by molar-refractivity contribution is 5.67. The van der Waals surface area contributed by atoms with Gasteiger partial charge in [-0.3, -0.25) is 4.79 Å². The summed E-state index contributed by atoms with van der Waals surface area (Å²) in [5.41, 5.74) is 0.0631. The Bertz CT molecular complexity index is 543. The van der Waals surface area contributed by atoms with Crippen LogP contribution in [0.5, 0.6) is 0 Å². The Balaban J connectivity index is 1.69. The van der Waals surface area contributed by atoms with Gasteiger partial charge in [0, 0.05) is 6.61 Å². The van der Waals surface area contributed by atoms with Crippen LogP contribution in [0.15, 0.2) is 24.3 Å². The molecule has 2 rings (SSSR count). The Hall–Kier alpha value is -1.56. The third kappa shape index (κ3) is 5.82. The van der Waals surface area contributed by atoms with Crippen molar-refractivity contribution in [1.82, 2.24) is 0 Å². The smallest absolute Gasteiger partial charge is 0.416 e. The molecule has 1 aliphatic rings. The number of unbranched alkanes of at least 4 members (excludes halogenated alkanes) is 1. The summed E-state index contributed by atoms with van der Waals surface area (Å²) in [4.78, 5) is 10.8. The Morgan fingerprint density at radius 2 is 2.04 bits per heavy atom. The number of ether oxygens (including phenoxy) is 1. The molecule has 1 aromatic rings. The lowest BCUT2D eigenvalue weighted by Gasteiger charge is -2.18. The first-order chi connectivity index (χ1) is 11.4. The van der Waals surface area contributed by atoms with Gasteiger partial charge in [0.05, 0.1) is 18.1 Å². The van der Waals surface area contributed by atoms with E-state index in [0.717, 1.165) is 38.2 Å². The highest BCUT2D eigenvalue weighted by Gasteiger charge is 2.30. The molecule has 1 fully saturated rings. The zero-order chi connectivity index (χ0) is 17.6. The van der Waals surface area contributed by atoms with Gasteiger partial charge in [-0.05, 0) is 49.7 Å². The first-order valence-electron chi connectivity index (χ1n) is 8.36. The van der Waals surface area contributed by atoms with Crippen LogP contribution in [0.2, 0.25) is 0 Å². The van der Waals surface area contributed by atoms with Gasteiger partial charge in [0.2, 0.25) is 0 Å². The van der Waals surface area contributed by atoms with E-state index in [4.69, 9.17) is 9.84 Å². The lowest BCUT2D eigenvalue weighted by atomic mass is 10.0. The number of carboxylic acid groups (broad SMARTS) is 1. The second-order valence-corrected chi connectivity index (χ2v) is 6.35. The maximum absolute atomic E-state index is 12.6. The molecule has 0 heterocycles. The molecule has 3 nitrogen and oxygen atoms in total. The minimum Gasteiger partial charge on any atom is -0.481 e. The van der Waals surface area contributed by atoms with Gasteiger partial charge in [0.25, 0.3) is 0 Å². The topological polar surface area (TPSA) is 46.5 Å². The van der Waals surface area contributed by atoms with E-state index in [9.17, 15) is 18.0 Å². The third-order valence-electron chi connectivity index (χ3n) is 4.47. The van der Waals surface area contributed by atoms with Gasteiger partial charge in [0.15, 0.2) is 0 Å². The lowest BCUT2D eigenvalue weighted by Crippen LogP contribution is -2.21. The number of rotatable bonds is 8. The molecule has 0 radical (unpaired) electrons. The quantitative estimate of drug-likeness (QED) is 0.696. The summed E-state index contributed by atoms with van der Waals surface area (Å²) < 4.78 is 43.7. The van der Waals surface area contributed by atoms with Gasteiger partial charge in [0.1, 0.15) is 0 Å². The molecule has 1 N–H and O–H groups in total. The molecular weight excluding hydrogens is 321 g/mol. The molecule has 1 saturated carbocycles. The van der Waals surface area contributed by atoms with Crippen molar-refractivity contribution >= 4 is 5.97 Å². The molecule has 0 unspecified atom stereocenters. The van der Waals surface area contributed by atoms with E-state index in [-0.39, 0.29) is 18.4 Å². The average molecular weight is 344 g/mol. The standard InChI is InChI=1S/C18H23F3O3/c19-18(20,21)15-8-3-6-13(11-15)5-1-2-10-24-16-9-4-7-14(16)12-17(22)23/h3,6,8,11,14,16H,1-2,4-5,7,9-10,12H2,(H,22,23)/t14-,16+/m1/s1. The molecule has 2 atom stereocenters. The van der Waals surface area contributed by atoms with Crippen LogP contribution in [0.3, 0.4) is 0 Å². The van der Waals surface area contributed by atoms with Gasteiger partial charge in [-0.2, -0.15) is 13.2 Å². The second kappa shape index (κ2) is 8.51. The van der Waals surface area contributed by atoms with Crippen molar-refractivity contribution in [3.05, 3.63) is 35.4 Å². The average Bonchev–Trinajstić information content (AvgIpc) is 2.93. The molecular formula is C18H23F3O3. The van der Waals surface area contributed by atoms with Crippen LogP contribution < -0.4 is 0 Å². The summed E-state index contributed by atoms with van der Waals surface area (Å²) in [6, 6.07) is 5.41. The summed E-state index contributed by atoms with van der Waals surface area (Å²) in [5, 5.41) is 8.87. The van der Waals surface area contributed by atoms with Crippen LogP contribution in [0.4, 0.5) is 13.2 Å². The van der Waals surface area contributed by atoms with Gasteiger partial charge in [-0.1, -0.05) is 24.6 Å². The Morgan fingerprint density at radius 1 is 1.25 bits per heavy atom. The van der Waals surface area contributed by atoms with Crippen molar-refractivity contribution in [1.29, 1.82) is 0 Å². The van der Waals surface area contributed by atoms with Crippen molar-refractivity contribution in [3.8, 4) is 0 Å². The van der Waals surface area contributed by atoms with Crippen LogP contribution in [0.25, 0.3) is 0 Å². The lowest BCUT2D eigenvalue weighted by molar-refractivity contribution is -0.139. The van der Waals surface area contributed by atoms with E-state index in [1.54, 1.807) is 6.07 Å². The Labute approximate surface area is 139 Å². The largest absolute Gasteiger partial charge is 0.481 e. The molecule has 0 aliphatic heterocycles. The molecule has 0 bridgehead atoms. The van der Waals surface area contributed by atoms with Crippen molar-refractivity contribution in [3.63, 3.8) is 0 Å². The fourth-order valence-electron chi connectivity index (χ4n) is 3.25. The highest BCUT2D eigenvalue weighted by Crippen LogP contribution is 2.31. The summed E-state index contributed by atoms with van der Waals surface area (Å²) in [7, 11) is 0. The molecule has 0 spiro atoms. The molecule has 1 aliphatic carbocycles. The van der Waals surface area contributed by atoms with E-state index in [1.165, 1.54) is 12.1 Å². The zero-order valence-electron chi connectivity index (χ0n) is 13.5. The van der Waals surface area contributed by atoms with Crippen LogP contribution in [-0.2, 0) is 22.1 Å². The van der Waals surface area contributed by atoms with Crippen molar-refractivity contribution in [2.75, 3.05) is 6.61 Å². The third-order valence-corrected chi connectivity index (χ3v) is 4.47. The maximum atomic E-state index is 12.6. The first kappa shape index (κ1) is 18.8. The van der Waals surface area contributed by atoms with Crippen LogP contribution >= 0.6 is 0 Å². The van der Waals surface area contributed by atoms with Crippen molar-refractivity contribution in [2.24, 2.45) is 5.92 Å². The minimum absolute atomic E-state index is 0.00894. The number of hydrogen-bond acceptors (Lipinski definition) is 2. The van der Waals surface area contributed by atoms with Crippen molar-refractivity contribution in [2.45, 2.75) is 57.2 Å².